The minimum absolute atomic E-state index is 0.129. The Balaban J connectivity index is 1.34. The number of alkyl halides is 3. The Bertz CT molecular complexity index is 1450. The molecule has 1 saturated heterocycles. The summed E-state index contributed by atoms with van der Waals surface area (Å²) in [4.78, 5) is 24.3. The Hall–Kier alpha value is -4.19. The summed E-state index contributed by atoms with van der Waals surface area (Å²) >= 11 is 0. The second-order valence-electron chi connectivity index (χ2n) is 9.41. The van der Waals surface area contributed by atoms with E-state index in [0.29, 0.717) is 16.9 Å². The first kappa shape index (κ1) is 23.2. The number of hydrogen-bond donors (Lipinski definition) is 3. The van der Waals surface area contributed by atoms with Crippen LogP contribution in [0.3, 0.4) is 0 Å². The molecule has 0 spiro atoms. The Kier molecular flexibility index (Phi) is 5.48. The number of anilines is 2. The molecule has 6 rings (SSSR count). The van der Waals surface area contributed by atoms with Gasteiger partial charge in [-0.25, -0.2) is 14.8 Å². The molecule has 190 valence electrons. The number of benzene rings is 2. The fourth-order valence-electron chi connectivity index (χ4n) is 5.34. The van der Waals surface area contributed by atoms with Crippen molar-refractivity contribution in [1.29, 1.82) is 0 Å². The largest absolute Gasteiger partial charge is 0.401 e. The van der Waals surface area contributed by atoms with E-state index in [2.05, 4.69) is 25.5 Å². The Morgan fingerprint density at radius 3 is 2.57 bits per heavy atom. The van der Waals surface area contributed by atoms with Crippen molar-refractivity contribution in [2.45, 2.75) is 24.7 Å². The Morgan fingerprint density at radius 1 is 1.08 bits per heavy atom. The van der Waals surface area contributed by atoms with Crippen LogP contribution in [0.15, 0.2) is 54.9 Å². The van der Waals surface area contributed by atoms with Crippen molar-refractivity contribution >= 4 is 28.6 Å². The maximum Gasteiger partial charge on any atom is 0.401 e. The van der Waals surface area contributed by atoms with E-state index < -0.39 is 18.8 Å². The lowest BCUT2D eigenvalue weighted by Gasteiger charge is -2.36. The van der Waals surface area contributed by atoms with Gasteiger partial charge >= 0.3 is 12.2 Å². The highest BCUT2D eigenvalue weighted by atomic mass is 19.4. The third-order valence-electron chi connectivity index (χ3n) is 6.97. The van der Waals surface area contributed by atoms with Crippen LogP contribution in [-0.4, -0.2) is 67.8 Å². The molecule has 2 aliphatic heterocycles. The van der Waals surface area contributed by atoms with E-state index in [0.717, 1.165) is 22.0 Å². The molecule has 4 N–H and O–H groups in total. The quantitative estimate of drug-likeness (QED) is 0.384. The van der Waals surface area contributed by atoms with Crippen LogP contribution in [0, 0.1) is 0 Å². The van der Waals surface area contributed by atoms with Gasteiger partial charge in [0.1, 0.15) is 5.69 Å². The average molecular weight is 509 g/mol. The molecule has 0 aliphatic carbocycles. The Labute approximate surface area is 209 Å². The summed E-state index contributed by atoms with van der Waals surface area (Å²) in [5, 5.41) is 11.1. The molecular weight excluding hydrogens is 485 g/mol. The van der Waals surface area contributed by atoms with E-state index in [1.165, 1.54) is 4.90 Å². The molecule has 12 heteroatoms. The maximum absolute atomic E-state index is 13.2. The molecule has 9 nitrogen and oxygen atoms in total. The summed E-state index contributed by atoms with van der Waals surface area (Å²) in [5.41, 5.74) is 10.0. The number of amides is 2. The molecule has 0 bridgehead atoms. The number of carbonyl (C=O) groups is 1. The van der Waals surface area contributed by atoms with Gasteiger partial charge in [-0.1, -0.05) is 30.3 Å². The van der Waals surface area contributed by atoms with Crippen molar-refractivity contribution < 1.29 is 18.0 Å². The summed E-state index contributed by atoms with van der Waals surface area (Å²) < 4.78 is 39.7. The average Bonchev–Trinajstić information content (AvgIpc) is 3.46. The third kappa shape index (κ3) is 4.44. The SMILES string of the molecule is Nc1ncc(-c2n[nH]c3cc4c(cc23)CN([C@@H]2CN(CC(F)(F)F)CC2c2ccccc2)C(=O)N4)cn1. The van der Waals surface area contributed by atoms with Crippen molar-refractivity contribution in [1.82, 2.24) is 30.0 Å². The summed E-state index contributed by atoms with van der Waals surface area (Å²) in [6.45, 7) is -0.411. The molecule has 2 amide bonds. The van der Waals surface area contributed by atoms with Gasteiger partial charge in [-0.15, -0.1) is 0 Å². The monoisotopic (exact) mass is 508 g/mol. The van der Waals surface area contributed by atoms with E-state index in [9.17, 15) is 18.0 Å². The number of urea groups is 1. The fourth-order valence-corrected chi connectivity index (χ4v) is 5.34. The normalized spacial score (nSPS) is 20.3. The highest BCUT2D eigenvalue weighted by Gasteiger charge is 2.44. The zero-order valence-corrected chi connectivity index (χ0v) is 19.5. The van der Waals surface area contributed by atoms with Gasteiger partial charge in [-0.2, -0.15) is 18.3 Å². The van der Waals surface area contributed by atoms with Gasteiger partial charge in [-0.3, -0.25) is 10.00 Å². The van der Waals surface area contributed by atoms with Gasteiger partial charge < -0.3 is 16.0 Å². The van der Waals surface area contributed by atoms with Crippen LogP contribution in [0.1, 0.15) is 17.0 Å². The van der Waals surface area contributed by atoms with E-state index in [1.807, 2.05) is 42.5 Å². The van der Waals surface area contributed by atoms with Crippen LogP contribution < -0.4 is 11.1 Å². The smallest absolute Gasteiger partial charge is 0.368 e. The molecule has 0 radical (unpaired) electrons. The van der Waals surface area contributed by atoms with Gasteiger partial charge in [0.2, 0.25) is 5.95 Å². The molecule has 4 heterocycles. The van der Waals surface area contributed by atoms with Crippen LogP contribution >= 0.6 is 0 Å². The number of H-pyrrole nitrogens is 1. The molecule has 4 aromatic rings. The number of nitrogens with zero attached hydrogens (tertiary/aromatic N) is 5. The standard InChI is InChI=1S/C25H23F3N8O/c26-25(27,28)13-35-11-18(14-4-2-1-3-5-14)21(12-35)36-10-15-6-17-20(7-19(15)32-24(36)37)33-34-22(17)16-8-30-23(29)31-9-16/h1-9,18,21H,10-13H2,(H,32,37)(H,33,34)(H2,29,30,31)/t18?,21-/m1/s1. The molecule has 37 heavy (non-hydrogen) atoms. The van der Waals surface area contributed by atoms with Crippen LogP contribution in [0.4, 0.5) is 29.6 Å². The number of aromatic amines is 1. The molecule has 2 aliphatic rings. The van der Waals surface area contributed by atoms with E-state index >= 15 is 0 Å². The minimum Gasteiger partial charge on any atom is -0.368 e. The van der Waals surface area contributed by atoms with Crippen molar-refractivity contribution in [2.75, 3.05) is 30.7 Å². The van der Waals surface area contributed by atoms with Crippen molar-refractivity contribution in [3.8, 4) is 11.3 Å². The molecule has 2 aromatic heterocycles. The second-order valence-corrected chi connectivity index (χ2v) is 9.41. The van der Waals surface area contributed by atoms with Crippen molar-refractivity contribution in [2.24, 2.45) is 0 Å². The predicted molar refractivity (Wildman–Crippen MR) is 132 cm³/mol. The summed E-state index contributed by atoms with van der Waals surface area (Å²) in [5.74, 6) is -0.0978. The van der Waals surface area contributed by atoms with Crippen molar-refractivity contribution in [3.63, 3.8) is 0 Å². The highest BCUT2D eigenvalue weighted by molar-refractivity contribution is 6.00. The van der Waals surface area contributed by atoms with E-state index in [-0.39, 0.29) is 37.5 Å². The minimum atomic E-state index is -4.32. The number of nitrogen functional groups attached to an aromatic ring is 1. The molecule has 1 unspecified atom stereocenters. The first-order chi connectivity index (χ1) is 17.7. The van der Waals surface area contributed by atoms with Crippen molar-refractivity contribution in [3.05, 3.63) is 66.0 Å². The number of nitrogens with one attached hydrogen (secondary N) is 2. The van der Waals surface area contributed by atoms with Crippen LogP contribution in [0.5, 0.6) is 0 Å². The lowest BCUT2D eigenvalue weighted by Crippen LogP contribution is -2.48. The molecule has 2 aromatic carbocycles. The van der Waals surface area contributed by atoms with Crippen LogP contribution in [-0.2, 0) is 6.54 Å². The summed E-state index contributed by atoms with van der Waals surface area (Å²) in [6.07, 6.45) is -1.14. The third-order valence-corrected chi connectivity index (χ3v) is 6.97. The summed E-state index contributed by atoms with van der Waals surface area (Å²) in [7, 11) is 0. The lowest BCUT2D eigenvalue weighted by atomic mass is 9.92. The van der Waals surface area contributed by atoms with E-state index in [4.69, 9.17) is 5.73 Å². The predicted octanol–water partition coefficient (Wildman–Crippen LogP) is 3.98. The zero-order chi connectivity index (χ0) is 25.7. The van der Waals surface area contributed by atoms with Gasteiger partial charge in [0.05, 0.1) is 18.1 Å². The molecule has 1 fully saturated rings. The van der Waals surface area contributed by atoms with Gasteiger partial charge in [0.25, 0.3) is 0 Å². The molecular formula is C25H23F3N8O. The number of fused-ring (bicyclic) bond motifs is 2. The molecule has 2 atom stereocenters. The topological polar surface area (TPSA) is 116 Å². The highest BCUT2D eigenvalue weighted by Crippen LogP contribution is 2.38. The first-order valence-corrected chi connectivity index (χ1v) is 11.8. The van der Waals surface area contributed by atoms with Gasteiger partial charge in [0.15, 0.2) is 0 Å². The van der Waals surface area contributed by atoms with Crippen LogP contribution in [0.2, 0.25) is 0 Å². The summed E-state index contributed by atoms with van der Waals surface area (Å²) in [6, 6.07) is 12.4. The van der Waals surface area contributed by atoms with Gasteiger partial charge in [0, 0.05) is 54.6 Å². The number of aromatic nitrogens is 4. The number of carbonyl (C=O) groups excluding carboxylic acids is 1. The zero-order valence-electron chi connectivity index (χ0n) is 19.5. The number of halogens is 3. The maximum atomic E-state index is 13.2. The number of nitrogens with two attached hydrogens (primary N) is 1. The molecule has 0 saturated carbocycles. The first-order valence-electron chi connectivity index (χ1n) is 11.8. The van der Waals surface area contributed by atoms with Crippen LogP contribution in [0.25, 0.3) is 22.2 Å². The number of hydrogen-bond acceptors (Lipinski definition) is 6. The Morgan fingerprint density at radius 2 is 1.84 bits per heavy atom. The van der Waals surface area contributed by atoms with E-state index in [1.54, 1.807) is 17.3 Å². The lowest BCUT2D eigenvalue weighted by molar-refractivity contribution is -0.143. The fraction of sp³-hybridized carbons (Fsp3) is 0.280. The second kappa shape index (κ2) is 8.73. The number of rotatable bonds is 4. The number of likely N-dealkylation sites (tertiary alicyclic amines) is 1. The van der Waals surface area contributed by atoms with Gasteiger partial charge in [-0.05, 0) is 23.3 Å².